The lowest BCUT2D eigenvalue weighted by Gasteiger charge is -2.29. The molecular weight excluding hydrogens is 710 g/mol. The van der Waals surface area contributed by atoms with Crippen molar-refractivity contribution in [2.75, 3.05) is 36.6 Å². The molecule has 0 aromatic carbocycles. The van der Waals surface area contributed by atoms with Crippen molar-refractivity contribution in [1.29, 1.82) is 0 Å². The van der Waals surface area contributed by atoms with E-state index in [9.17, 15) is 28.9 Å². The minimum absolute atomic E-state index is 0.0467. The number of nitrogen functional groups attached to an aromatic ring is 2. The number of aliphatic hydroxyl groups excluding tert-OH is 2. The Labute approximate surface area is 273 Å². The summed E-state index contributed by atoms with van der Waals surface area (Å²) in [6.45, 7) is -6.66. The Bertz CT molecular complexity index is 1930. The van der Waals surface area contributed by atoms with Crippen LogP contribution in [-0.2, 0) is 36.7 Å². The molecule has 0 spiro atoms. The van der Waals surface area contributed by atoms with Crippen molar-refractivity contribution in [3.63, 3.8) is 0 Å². The van der Waals surface area contributed by atoms with Crippen molar-refractivity contribution >= 4 is 79.4 Å². The van der Waals surface area contributed by atoms with Crippen LogP contribution in [0, 0.1) is 0 Å². The molecule has 22 nitrogen and oxygen atoms in total. The van der Waals surface area contributed by atoms with Crippen LogP contribution in [0.25, 0.3) is 11.2 Å². The lowest BCUT2D eigenvalue weighted by atomic mass is 10.1. The van der Waals surface area contributed by atoms with Gasteiger partial charge in [-0.3, -0.25) is 47.2 Å². The molecule has 0 amide bonds. The van der Waals surface area contributed by atoms with Gasteiger partial charge in [-0.2, -0.15) is 9.97 Å². The maximum atomic E-state index is 13.4. The number of rotatable bonds is 4. The molecule has 3 fully saturated rings. The molecule has 26 heteroatoms. The first-order chi connectivity index (χ1) is 22.1. The quantitative estimate of drug-likeness (QED) is 0.0911. The third-order valence-corrected chi connectivity index (χ3v) is 10.7. The van der Waals surface area contributed by atoms with Crippen molar-refractivity contribution in [3.8, 4) is 0 Å². The number of aliphatic imine (C=N–C) groups is 1. The molecule has 3 aliphatic heterocycles. The minimum atomic E-state index is -4.38. The van der Waals surface area contributed by atoms with E-state index < -0.39 is 87.0 Å². The molecule has 0 aliphatic carbocycles. The lowest BCUT2D eigenvalue weighted by Crippen LogP contribution is -2.43. The normalized spacial score (nSPS) is 36.3. The second kappa shape index (κ2) is 12.5. The summed E-state index contributed by atoms with van der Waals surface area (Å²) in [6, 6.07) is 0. The first kappa shape index (κ1) is 34.0. The number of nitrogens with two attached hydrogens (primary N) is 2. The zero-order valence-electron chi connectivity index (χ0n) is 23.9. The van der Waals surface area contributed by atoms with Crippen LogP contribution in [0.5, 0.6) is 0 Å². The highest BCUT2D eigenvalue weighted by Gasteiger charge is 2.53. The Morgan fingerprint density at radius 3 is 2.21 bits per heavy atom. The van der Waals surface area contributed by atoms with Gasteiger partial charge in [-0.25, -0.2) is 14.1 Å². The molecule has 10 atom stereocenters. The molecule has 0 saturated carbocycles. The van der Waals surface area contributed by atoms with Gasteiger partial charge in [-0.15, -0.1) is 0 Å². The Balaban J connectivity index is 1.27. The summed E-state index contributed by atoms with van der Waals surface area (Å²) in [7, 11) is 1.39. The van der Waals surface area contributed by atoms with E-state index in [2.05, 4.69) is 61.1 Å². The van der Waals surface area contributed by atoms with Gasteiger partial charge in [0, 0.05) is 7.05 Å². The number of H-pyrrole nitrogens is 2. The monoisotopic (exact) mass is 738 g/mol. The van der Waals surface area contributed by atoms with E-state index in [1.807, 2.05) is 0 Å². The van der Waals surface area contributed by atoms with Gasteiger partial charge in [0.15, 0.2) is 35.1 Å². The van der Waals surface area contributed by atoms with Crippen LogP contribution >= 0.6 is 38.1 Å². The number of anilines is 3. The van der Waals surface area contributed by atoms with E-state index in [0.29, 0.717) is 0 Å². The summed E-state index contributed by atoms with van der Waals surface area (Å²) in [5.74, 6) is -0.626. The Kier molecular flexibility index (Phi) is 9.08. The highest BCUT2D eigenvalue weighted by atomic mass is 32.7. The van der Waals surface area contributed by atoms with E-state index in [0.717, 1.165) is 6.33 Å². The lowest BCUT2D eigenvalue weighted by molar-refractivity contribution is -0.0526. The molecule has 47 heavy (non-hydrogen) atoms. The maximum Gasteiger partial charge on any atom is 0.386 e. The average Bonchev–Trinajstić information content (AvgIpc) is 3.63. The van der Waals surface area contributed by atoms with Gasteiger partial charge in [0.2, 0.25) is 11.9 Å². The number of likely N-dealkylation sites (N-methyl/N-ethyl adjacent to an activating group) is 1. The van der Waals surface area contributed by atoms with E-state index >= 15 is 0 Å². The first-order valence-electron chi connectivity index (χ1n) is 13.4. The minimum Gasteiger partial charge on any atom is -0.386 e. The summed E-state index contributed by atoms with van der Waals surface area (Å²) in [6.07, 6.45) is -10.4. The number of aromatic nitrogens is 6. The molecule has 3 saturated heterocycles. The van der Waals surface area contributed by atoms with Gasteiger partial charge in [0.1, 0.15) is 36.6 Å². The third kappa shape index (κ3) is 6.48. The Hall–Kier alpha value is -2.86. The summed E-state index contributed by atoms with van der Waals surface area (Å²) < 4.78 is 62.1. The zero-order chi connectivity index (χ0) is 34.0. The second-order valence-electron chi connectivity index (χ2n) is 10.4. The predicted octanol–water partition coefficient (Wildman–Crippen LogP) is -0.927. The van der Waals surface area contributed by atoms with Gasteiger partial charge in [0.05, 0.1) is 19.5 Å². The molecular formula is C21H28N10O12P2S2. The third-order valence-electron chi connectivity index (χ3n) is 7.43. The SMILES string of the molecule is C=Nc1c(N(C)[C@@H]2O[C@@H]3CO[P@](=O)(S)O[C@H]4[C@@H](O)[C@H](n5cnc6c(=O)[nH]c(N)nc65)O[C@@H]4CO[P@](=O)(S)O[C@H]3[C@H]2O)nc(N)[nH]c1=O. The van der Waals surface area contributed by atoms with Gasteiger partial charge < -0.3 is 36.1 Å². The number of aromatic amines is 2. The number of aliphatic hydroxyl groups is 2. The van der Waals surface area contributed by atoms with Gasteiger partial charge in [-0.05, 0) is 6.72 Å². The number of nitrogens with zero attached hydrogens (tertiary/aromatic N) is 6. The molecule has 8 N–H and O–H groups in total. The average molecular weight is 739 g/mol. The smallest absolute Gasteiger partial charge is 0.386 e. The first-order valence-corrected chi connectivity index (χ1v) is 18.8. The van der Waals surface area contributed by atoms with Crippen LogP contribution in [-0.4, -0.2) is 110 Å². The van der Waals surface area contributed by atoms with Crippen LogP contribution in [0.15, 0.2) is 20.9 Å². The molecule has 3 aliphatic rings. The fraction of sp³-hybridized carbons (Fsp3) is 0.524. The maximum absolute atomic E-state index is 13.4. The summed E-state index contributed by atoms with van der Waals surface area (Å²) in [5.41, 5.74) is 9.59. The number of hydrogen-bond acceptors (Lipinski definition) is 19. The van der Waals surface area contributed by atoms with Crippen LogP contribution in [0.2, 0.25) is 0 Å². The van der Waals surface area contributed by atoms with Crippen molar-refractivity contribution in [1.82, 2.24) is 29.5 Å². The summed E-state index contributed by atoms with van der Waals surface area (Å²) in [4.78, 5) is 46.1. The zero-order valence-corrected chi connectivity index (χ0v) is 27.5. The van der Waals surface area contributed by atoms with Crippen molar-refractivity contribution in [3.05, 3.63) is 27.0 Å². The topological polar surface area (TPSA) is 307 Å². The summed E-state index contributed by atoms with van der Waals surface area (Å²) in [5, 5.41) is 22.5. The van der Waals surface area contributed by atoms with Gasteiger partial charge >= 0.3 is 13.6 Å². The highest BCUT2D eigenvalue weighted by molar-refractivity contribution is 8.44. The second-order valence-corrected chi connectivity index (χ2v) is 16.2. The molecule has 0 unspecified atom stereocenters. The predicted molar refractivity (Wildman–Crippen MR) is 169 cm³/mol. The van der Waals surface area contributed by atoms with E-state index in [1.54, 1.807) is 0 Å². The summed E-state index contributed by atoms with van der Waals surface area (Å²) >= 11 is 8.07. The molecule has 256 valence electrons. The number of thiol groups is 2. The van der Waals surface area contributed by atoms with Crippen LogP contribution < -0.4 is 27.5 Å². The number of imidazole rings is 1. The van der Waals surface area contributed by atoms with Crippen LogP contribution in [0.3, 0.4) is 0 Å². The molecule has 3 aromatic heterocycles. The molecule has 6 rings (SSSR count). The van der Waals surface area contributed by atoms with E-state index in [4.69, 9.17) is 39.0 Å². The Morgan fingerprint density at radius 2 is 1.57 bits per heavy atom. The molecule has 0 radical (unpaired) electrons. The van der Waals surface area contributed by atoms with Crippen molar-refractivity contribution < 1.29 is 46.9 Å². The van der Waals surface area contributed by atoms with E-state index in [1.165, 1.54) is 16.5 Å². The van der Waals surface area contributed by atoms with Gasteiger partial charge in [-0.1, -0.05) is 24.5 Å². The van der Waals surface area contributed by atoms with Crippen molar-refractivity contribution in [2.45, 2.75) is 49.1 Å². The number of hydrogen-bond donors (Lipinski definition) is 8. The number of nitrogens with one attached hydrogen (secondary N) is 2. The van der Waals surface area contributed by atoms with E-state index in [-0.39, 0.29) is 34.6 Å². The van der Waals surface area contributed by atoms with Crippen LogP contribution in [0.1, 0.15) is 6.23 Å². The molecule has 6 heterocycles. The molecule has 3 aromatic rings. The molecule has 0 bridgehead atoms. The van der Waals surface area contributed by atoms with Gasteiger partial charge in [0.25, 0.3) is 11.1 Å². The highest BCUT2D eigenvalue weighted by Crippen LogP contribution is 2.60. The standard InChI is InChI=1S/C21H28N10O12P2S2/c1-24-8-14(26-20(22)28-16(8)34)30(2)18-10(32)12-6(40-18)3-38-45(37,47)43-13-7(4-39-44(36,46)42-12)41-19(11(13)33)31-5-25-9-15(31)27-21(23)29-17(9)35/h5-7,10-13,18-19,32-33H,1,3-4H2,2H3,(H,36,46)(H,37,47)(H3,22,26,28,34)(H3,23,27,29,35)/t6-,7-,10-,11-,12-,13-,18-,19-,44+,45+/m1/s1. The fourth-order valence-electron chi connectivity index (χ4n) is 5.33. The number of fused-ring (bicyclic) bond motifs is 3. The van der Waals surface area contributed by atoms with Crippen LogP contribution in [0.4, 0.5) is 23.4 Å². The Morgan fingerprint density at radius 1 is 1.00 bits per heavy atom. The number of ether oxygens (including phenoxy) is 2. The van der Waals surface area contributed by atoms with Crippen molar-refractivity contribution in [2.24, 2.45) is 4.99 Å². The largest absolute Gasteiger partial charge is 0.386 e. The fourth-order valence-corrected chi connectivity index (χ4v) is 8.31.